The Morgan fingerprint density at radius 1 is 0.939 bits per heavy atom. The first kappa shape index (κ1) is 21.9. The minimum absolute atomic E-state index is 0.137. The highest BCUT2D eigenvalue weighted by molar-refractivity contribution is 5.92. The fraction of sp³-hybridized carbons (Fsp3) is 0.120. The predicted molar refractivity (Wildman–Crippen MR) is 122 cm³/mol. The Kier molecular flexibility index (Phi) is 6.26. The van der Waals surface area contributed by atoms with Gasteiger partial charge in [0.15, 0.2) is 0 Å². The number of amides is 1. The van der Waals surface area contributed by atoms with Gasteiger partial charge in [0.1, 0.15) is 5.82 Å². The number of rotatable bonds is 6. The molecule has 0 spiro atoms. The summed E-state index contributed by atoms with van der Waals surface area (Å²) in [5.74, 6) is -1.13. The number of para-hydroxylation sites is 1. The molecule has 0 aliphatic heterocycles. The van der Waals surface area contributed by atoms with E-state index in [4.69, 9.17) is 0 Å². The highest BCUT2D eigenvalue weighted by atomic mass is 19.1. The number of nitrogens with one attached hydrogen (secondary N) is 1. The molecule has 0 radical (unpaired) electrons. The first-order valence-corrected chi connectivity index (χ1v) is 10.3. The largest absolute Gasteiger partial charge is 0.352 e. The Bertz CT molecular complexity index is 1380. The van der Waals surface area contributed by atoms with E-state index in [0.717, 1.165) is 14.8 Å². The molecular weight excluding hydrogens is 423 g/mol. The van der Waals surface area contributed by atoms with Gasteiger partial charge in [-0.2, -0.15) is 9.78 Å². The van der Waals surface area contributed by atoms with Crippen LogP contribution < -0.4 is 16.6 Å². The van der Waals surface area contributed by atoms with Crippen LogP contribution in [0.25, 0.3) is 5.69 Å². The first-order valence-electron chi connectivity index (χ1n) is 10.3. The van der Waals surface area contributed by atoms with Crippen LogP contribution in [-0.4, -0.2) is 20.3 Å². The van der Waals surface area contributed by atoms with Gasteiger partial charge in [-0.3, -0.25) is 14.2 Å². The second-order valence-electron chi connectivity index (χ2n) is 7.50. The van der Waals surface area contributed by atoms with Gasteiger partial charge in [0.05, 0.1) is 18.3 Å². The highest BCUT2D eigenvalue weighted by Gasteiger charge is 2.22. The summed E-state index contributed by atoms with van der Waals surface area (Å²) in [6, 6.07) is 22.8. The molecule has 166 valence electrons. The summed E-state index contributed by atoms with van der Waals surface area (Å²) in [5, 5.41) is 6.87. The number of benzene rings is 3. The van der Waals surface area contributed by atoms with Crippen molar-refractivity contribution >= 4 is 5.91 Å². The zero-order chi connectivity index (χ0) is 23.4. The first-order chi connectivity index (χ1) is 15.9. The van der Waals surface area contributed by atoms with Crippen molar-refractivity contribution < 1.29 is 9.18 Å². The lowest BCUT2D eigenvalue weighted by atomic mass is 10.1. The van der Waals surface area contributed by atoms with Gasteiger partial charge >= 0.3 is 5.69 Å². The second kappa shape index (κ2) is 9.44. The quantitative estimate of drug-likeness (QED) is 0.495. The van der Waals surface area contributed by atoms with E-state index in [1.807, 2.05) is 30.3 Å². The number of hydrogen-bond acceptors (Lipinski definition) is 4. The molecule has 0 fully saturated rings. The average Bonchev–Trinajstić information content (AvgIpc) is 2.84. The Labute approximate surface area is 188 Å². The lowest BCUT2D eigenvalue weighted by Gasteiger charge is -2.15. The molecule has 1 aromatic heterocycles. The molecule has 0 unspecified atom stereocenters. The molecular formula is C25H21FN4O3. The van der Waals surface area contributed by atoms with E-state index in [2.05, 4.69) is 10.4 Å². The van der Waals surface area contributed by atoms with Crippen LogP contribution in [-0.2, 0) is 6.54 Å². The molecule has 33 heavy (non-hydrogen) atoms. The molecule has 0 saturated heterocycles. The SMILES string of the molecule is C[C@H](NC(=O)c1nn(-c2ccccc2)c(=O)n(Cc2ccc(F)cc2)c1=O)c1ccccc1. The summed E-state index contributed by atoms with van der Waals surface area (Å²) < 4.78 is 15.3. The maximum absolute atomic E-state index is 13.3. The van der Waals surface area contributed by atoms with Crippen LogP contribution in [0.3, 0.4) is 0 Å². The molecule has 1 heterocycles. The lowest BCUT2D eigenvalue weighted by molar-refractivity contribution is 0.0930. The summed E-state index contributed by atoms with van der Waals surface area (Å²) in [7, 11) is 0. The standard InChI is InChI=1S/C25H21FN4O3/c1-17(19-8-4-2-5-9-19)27-23(31)22-24(32)29(16-18-12-14-20(26)15-13-18)25(33)30(28-22)21-10-6-3-7-11-21/h2-15,17H,16H2,1H3,(H,27,31)/t17-/m0/s1. The van der Waals surface area contributed by atoms with E-state index in [0.29, 0.717) is 11.3 Å². The van der Waals surface area contributed by atoms with E-state index >= 15 is 0 Å². The van der Waals surface area contributed by atoms with E-state index < -0.39 is 28.7 Å². The zero-order valence-electron chi connectivity index (χ0n) is 17.8. The van der Waals surface area contributed by atoms with Crippen molar-refractivity contribution in [1.29, 1.82) is 0 Å². The molecule has 0 aliphatic rings. The van der Waals surface area contributed by atoms with Gasteiger partial charge in [0.25, 0.3) is 11.5 Å². The van der Waals surface area contributed by atoms with Crippen LogP contribution in [0.4, 0.5) is 4.39 Å². The van der Waals surface area contributed by atoms with Crippen molar-refractivity contribution in [2.75, 3.05) is 0 Å². The van der Waals surface area contributed by atoms with E-state index in [1.54, 1.807) is 37.3 Å². The number of nitrogens with zero attached hydrogens (tertiary/aromatic N) is 3. The zero-order valence-corrected chi connectivity index (χ0v) is 17.8. The predicted octanol–water partition coefficient (Wildman–Crippen LogP) is 3.07. The van der Waals surface area contributed by atoms with Crippen molar-refractivity contribution in [2.24, 2.45) is 0 Å². The molecule has 4 aromatic rings. The monoisotopic (exact) mass is 444 g/mol. The molecule has 0 aliphatic carbocycles. The number of hydrogen-bond donors (Lipinski definition) is 1. The van der Waals surface area contributed by atoms with Crippen molar-refractivity contribution in [3.05, 3.63) is 128 Å². The number of carbonyl (C=O) groups is 1. The number of carbonyl (C=O) groups excluding carboxylic acids is 1. The maximum atomic E-state index is 13.3. The van der Waals surface area contributed by atoms with Crippen molar-refractivity contribution in [3.63, 3.8) is 0 Å². The highest BCUT2D eigenvalue weighted by Crippen LogP contribution is 2.12. The molecule has 1 N–H and O–H groups in total. The van der Waals surface area contributed by atoms with Gasteiger partial charge in [-0.15, -0.1) is 0 Å². The van der Waals surface area contributed by atoms with Gasteiger partial charge < -0.3 is 5.32 Å². The van der Waals surface area contributed by atoms with Crippen molar-refractivity contribution in [3.8, 4) is 5.69 Å². The van der Waals surface area contributed by atoms with E-state index in [-0.39, 0.29) is 12.6 Å². The number of halogens is 1. The second-order valence-corrected chi connectivity index (χ2v) is 7.50. The van der Waals surface area contributed by atoms with Gasteiger partial charge in [0.2, 0.25) is 5.69 Å². The third kappa shape index (κ3) is 4.79. The summed E-state index contributed by atoms with van der Waals surface area (Å²) >= 11 is 0. The summed E-state index contributed by atoms with van der Waals surface area (Å²) in [4.78, 5) is 39.3. The summed E-state index contributed by atoms with van der Waals surface area (Å²) in [6.07, 6.45) is 0. The summed E-state index contributed by atoms with van der Waals surface area (Å²) in [6.45, 7) is 1.65. The Morgan fingerprint density at radius 2 is 1.55 bits per heavy atom. The molecule has 7 nitrogen and oxygen atoms in total. The average molecular weight is 444 g/mol. The molecule has 3 aromatic carbocycles. The van der Waals surface area contributed by atoms with Gasteiger partial charge in [-0.05, 0) is 42.3 Å². The molecule has 8 heteroatoms. The van der Waals surface area contributed by atoms with E-state index in [9.17, 15) is 18.8 Å². The topological polar surface area (TPSA) is 86.0 Å². The van der Waals surface area contributed by atoms with Gasteiger partial charge in [-0.1, -0.05) is 60.7 Å². The Hall–Kier alpha value is -4.33. The molecule has 4 rings (SSSR count). The Balaban J connectivity index is 1.79. The van der Waals surface area contributed by atoms with Crippen LogP contribution in [0.15, 0.2) is 94.5 Å². The van der Waals surface area contributed by atoms with Crippen LogP contribution in [0.1, 0.15) is 34.6 Å². The van der Waals surface area contributed by atoms with Crippen molar-refractivity contribution in [2.45, 2.75) is 19.5 Å². The molecule has 0 saturated carbocycles. The third-order valence-corrected chi connectivity index (χ3v) is 5.18. The lowest BCUT2D eigenvalue weighted by Crippen LogP contribution is -2.46. The maximum Gasteiger partial charge on any atom is 0.352 e. The summed E-state index contributed by atoms with van der Waals surface area (Å²) in [5.41, 5.74) is -0.152. The van der Waals surface area contributed by atoms with E-state index in [1.165, 1.54) is 24.3 Å². The van der Waals surface area contributed by atoms with Crippen LogP contribution in [0.2, 0.25) is 0 Å². The fourth-order valence-corrected chi connectivity index (χ4v) is 3.40. The van der Waals surface area contributed by atoms with Crippen LogP contribution in [0, 0.1) is 5.82 Å². The number of aromatic nitrogens is 3. The third-order valence-electron chi connectivity index (χ3n) is 5.18. The minimum Gasteiger partial charge on any atom is -0.344 e. The van der Waals surface area contributed by atoms with Gasteiger partial charge in [0, 0.05) is 0 Å². The Morgan fingerprint density at radius 3 is 2.18 bits per heavy atom. The smallest absolute Gasteiger partial charge is 0.344 e. The fourth-order valence-electron chi connectivity index (χ4n) is 3.40. The minimum atomic E-state index is -0.825. The van der Waals surface area contributed by atoms with Crippen LogP contribution >= 0.6 is 0 Å². The molecule has 0 bridgehead atoms. The molecule has 1 atom stereocenters. The normalized spacial score (nSPS) is 11.7. The van der Waals surface area contributed by atoms with Gasteiger partial charge in [-0.25, -0.2) is 9.18 Å². The van der Waals surface area contributed by atoms with Crippen LogP contribution in [0.5, 0.6) is 0 Å². The molecule has 1 amide bonds. The van der Waals surface area contributed by atoms with Crippen molar-refractivity contribution in [1.82, 2.24) is 19.7 Å².